The van der Waals surface area contributed by atoms with Crippen molar-refractivity contribution in [1.29, 1.82) is 0 Å². The van der Waals surface area contributed by atoms with E-state index in [1.54, 1.807) is 223 Å². The maximum absolute atomic E-state index is 14.5. The first-order valence-electron chi connectivity index (χ1n) is 48.8. The molecular weight excluding hydrogens is 1990 g/mol. The summed E-state index contributed by atoms with van der Waals surface area (Å²) in [6, 6.07) is 10.2. The molecule has 0 spiro atoms. The van der Waals surface area contributed by atoms with Crippen molar-refractivity contribution in [2.24, 2.45) is 11.8 Å². The zero-order valence-electron chi connectivity index (χ0n) is 84.9. The van der Waals surface area contributed by atoms with E-state index in [0.29, 0.717) is 214 Å². The summed E-state index contributed by atoms with van der Waals surface area (Å²) in [6.45, 7) is 30.4. The zero-order chi connectivity index (χ0) is 103. The first-order chi connectivity index (χ1) is 66.8. The van der Waals surface area contributed by atoms with Crippen molar-refractivity contribution in [2.75, 3.05) is 217 Å². The van der Waals surface area contributed by atoms with E-state index in [1.165, 1.54) is 0 Å². The molecule has 0 radical (unpaired) electrons. The van der Waals surface area contributed by atoms with Crippen molar-refractivity contribution in [3.63, 3.8) is 0 Å². The van der Waals surface area contributed by atoms with Crippen LogP contribution in [0.15, 0.2) is 36.4 Å². The maximum atomic E-state index is 14.5. The number of ketones is 3. The Kier molecular flexibility index (Phi) is 86.6. The Morgan fingerprint density at radius 2 is 0.683 bits per heavy atom. The Bertz CT molecular complexity index is 3460. The lowest BCUT2D eigenvalue weighted by atomic mass is 9.92. The molecule has 139 heavy (non-hydrogen) atoms. The zero-order valence-corrected chi connectivity index (χ0v) is 93.1. The Labute approximate surface area is 871 Å². The Hall–Kier alpha value is -4.73. The summed E-state index contributed by atoms with van der Waals surface area (Å²) in [4.78, 5) is 137. The van der Waals surface area contributed by atoms with Crippen LogP contribution in [0.3, 0.4) is 0 Å². The van der Waals surface area contributed by atoms with E-state index >= 15 is 0 Å². The minimum absolute atomic E-state index is 0.000941. The number of aliphatic hydroxyl groups is 4. The number of esters is 3. The molecule has 2 aromatic carbocycles. The predicted octanol–water partition coefficient (Wildman–Crippen LogP) is 16.4. The molecule has 4 amide bonds. The second-order valence-electron chi connectivity index (χ2n) is 33.5. The third-order valence-electron chi connectivity index (χ3n) is 18.8. The summed E-state index contributed by atoms with van der Waals surface area (Å²) in [7, 11) is 0. The molecule has 0 bridgehead atoms. The fourth-order valence-electron chi connectivity index (χ4n) is 11.7. The Balaban J connectivity index is 0.00000268. The number of hydrogen-bond donors (Lipinski definition) is 9. The van der Waals surface area contributed by atoms with Crippen LogP contribution in [0.2, 0.25) is 0 Å². The Morgan fingerprint density at radius 1 is 0.345 bits per heavy atom. The number of aliphatic hydroxyl groups excluding tert-OH is 4. The van der Waals surface area contributed by atoms with Gasteiger partial charge in [0, 0.05) is 235 Å². The number of carbonyl (C=O) groups excluding carboxylic acids is 10. The quantitative estimate of drug-likeness (QED) is 0.0128. The van der Waals surface area contributed by atoms with Crippen molar-refractivity contribution in [3.05, 3.63) is 47.5 Å². The lowest BCUT2D eigenvalue weighted by Gasteiger charge is -2.21. The summed E-state index contributed by atoms with van der Waals surface area (Å²) in [5.41, 5.74) is -0.567. The number of thioether (sulfide) groups is 10. The van der Waals surface area contributed by atoms with Gasteiger partial charge in [-0.1, -0.05) is 61.3 Å². The minimum Gasteiger partial charge on any atom is -0.492 e. The standard InChI is InChI=1S/C54H90N2O14S5.C41H72N2O11S5.C3H6O2/c1-9-22-64-23-17-27-71-29-21-55-52(62)41(18-14-15-20-56-53(63)70-54(6,7)8)35-48(58)42-33-44(68-37-46(74-28-16-19-43(57)10-2)39-72-30-24-65-49(59)11-3)36-45(34-42)69-38-47(75-32-26-67-51(61)13-5)40-73-31-25-66-50(60)12-4;1-5-16-51-17-8-18-55-19-11-42-39(49)32(9-6-7-10-43-40(50)54-41(2,3)4)26-38(48)33-24-34(52-28-36(58-22-14-46)30-56-20-12-44)27-35(25-33)53-29-37(59-23-15-47)31-57-21-13-45;1-2-3(4)5/h33-34,36,41,46-47H,9-32,35,37-40H2,1-8H3,(H,55,62)(H,56,63);24-25,27,32,36-37,44-47H,5-23,26,28-31H2,1-4H3,(H,42,49)(H,43,50);2H2,1H3,(H,4,5). The molecule has 0 fully saturated rings. The highest BCUT2D eigenvalue weighted by Gasteiger charge is 2.28. The van der Waals surface area contributed by atoms with Crippen LogP contribution in [-0.2, 0) is 66.7 Å². The fourth-order valence-corrected chi connectivity index (χ4v) is 21.4. The highest BCUT2D eigenvalue weighted by molar-refractivity contribution is 8.04. The van der Waals surface area contributed by atoms with Gasteiger partial charge in [0.25, 0.3) is 0 Å². The molecule has 0 aliphatic rings. The van der Waals surface area contributed by atoms with Gasteiger partial charge in [-0.15, -0.1) is 0 Å². The van der Waals surface area contributed by atoms with Gasteiger partial charge in [0.1, 0.15) is 86.2 Å². The molecule has 2 rings (SSSR count). The summed E-state index contributed by atoms with van der Waals surface area (Å²) in [6.07, 6.45) is 8.79. The summed E-state index contributed by atoms with van der Waals surface area (Å²) < 4.78 is 63.3. The smallest absolute Gasteiger partial charge is 0.407 e. The van der Waals surface area contributed by atoms with Crippen LogP contribution in [0.1, 0.15) is 233 Å². The van der Waals surface area contributed by atoms with Crippen molar-refractivity contribution in [2.45, 2.75) is 244 Å². The van der Waals surface area contributed by atoms with Gasteiger partial charge in [-0.2, -0.15) is 118 Å². The number of carboxylic acid groups (broad SMARTS) is 1. The third kappa shape index (κ3) is 80.1. The second kappa shape index (κ2) is 89.6. The molecule has 31 nitrogen and oxygen atoms in total. The molecule has 6 atom stereocenters. The van der Waals surface area contributed by atoms with E-state index in [-0.39, 0.29) is 147 Å². The van der Waals surface area contributed by atoms with Crippen LogP contribution >= 0.6 is 118 Å². The molecule has 0 aromatic heterocycles. The van der Waals surface area contributed by atoms with E-state index in [4.69, 9.17) is 57.2 Å². The monoisotopic (exact) mass is 2150 g/mol. The number of Topliss-reactive ketones (excluding diaryl/α,β-unsaturated/α-hetero) is 3. The third-order valence-corrected chi connectivity index (χ3v) is 31.0. The normalized spacial score (nSPS) is 12.6. The lowest BCUT2D eigenvalue weighted by Crippen LogP contribution is -2.34. The molecule has 6 unspecified atom stereocenters. The van der Waals surface area contributed by atoms with Gasteiger partial charge in [0.2, 0.25) is 11.8 Å². The Morgan fingerprint density at radius 3 is 1.01 bits per heavy atom. The first kappa shape index (κ1) is 134. The number of carbonyl (C=O) groups is 11. The van der Waals surface area contributed by atoms with E-state index < -0.39 is 41.2 Å². The number of ether oxygens (including phenoxy) is 11. The molecule has 802 valence electrons. The second-order valence-corrected chi connectivity index (χ2v) is 46.2. The average molecular weight is 2160 g/mol. The van der Waals surface area contributed by atoms with Crippen LogP contribution in [0.4, 0.5) is 9.59 Å². The number of aliphatic carboxylic acids is 1. The predicted molar refractivity (Wildman–Crippen MR) is 577 cm³/mol. The van der Waals surface area contributed by atoms with Crippen molar-refractivity contribution in [3.8, 4) is 23.0 Å². The van der Waals surface area contributed by atoms with Crippen LogP contribution in [0.25, 0.3) is 0 Å². The van der Waals surface area contributed by atoms with Crippen molar-refractivity contribution >= 4 is 183 Å². The molecule has 0 saturated heterocycles. The van der Waals surface area contributed by atoms with Crippen LogP contribution in [-0.4, -0.2) is 340 Å². The van der Waals surface area contributed by atoms with Crippen LogP contribution < -0.4 is 40.2 Å². The van der Waals surface area contributed by atoms with E-state index in [9.17, 15) is 73.2 Å². The molecule has 2 aromatic rings. The van der Waals surface area contributed by atoms with Gasteiger partial charge < -0.3 is 98.9 Å². The van der Waals surface area contributed by atoms with E-state index in [2.05, 4.69) is 35.1 Å². The molecule has 0 saturated carbocycles. The average Bonchev–Trinajstić information content (AvgIpc) is 0.841. The first-order valence-corrected chi connectivity index (χ1v) is 60.0. The maximum Gasteiger partial charge on any atom is 0.407 e. The van der Waals surface area contributed by atoms with E-state index in [1.807, 2.05) is 6.92 Å². The molecule has 9 N–H and O–H groups in total. The lowest BCUT2D eigenvalue weighted by molar-refractivity contribution is -0.143. The summed E-state index contributed by atoms with van der Waals surface area (Å²) in [5.74, 6) is 9.03. The van der Waals surface area contributed by atoms with Gasteiger partial charge >= 0.3 is 36.1 Å². The molecule has 0 aliphatic heterocycles. The number of nitrogens with one attached hydrogen (secondary N) is 4. The highest BCUT2D eigenvalue weighted by Crippen LogP contribution is 2.33. The van der Waals surface area contributed by atoms with Gasteiger partial charge in [-0.25, -0.2) is 9.59 Å². The number of benzene rings is 2. The summed E-state index contributed by atoms with van der Waals surface area (Å²) >= 11 is 16.4. The summed E-state index contributed by atoms with van der Waals surface area (Å²) in [5, 5.41) is 56.8. The van der Waals surface area contributed by atoms with Crippen molar-refractivity contribution < 1.29 is 130 Å². The fraction of sp³-hybridized carbons (Fsp3) is 0.765. The molecule has 0 aliphatic carbocycles. The minimum atomic E-state index is -0.745. The van der Waals surface area contributed by atoms with E-state index in [0.717, 1.165) is 80.7 Å². The van der Waals surface area contributed by atoms with Crippen molar-refractivity contribution in [1.82, 2.24) is 21.3 Å². The van der Waals surface area contributed by atoms with Crippen LogP contribution in [0.5, 0.6) is 23.0 Å². The number of amides is 4. The topological polar surface area (TPSA) is 439 Å². The number of carboxylic acids is 1. The van der Waals surface area contributed by atoms with Gasteiger partial charge in [0.05, 0.1) is 26.4 Å². The van der Waals surface area contributed by atoms with Gasteiger partial charge in [0.15, 0.2) is 11.6 Å². The molecule has 0 heterocycles. The van der Waals surface area contributed by atoms with Crippen LogP contribution in [0, 0.1) is 11.8 Å². The largest absolute Gasteiger partial charge is 0.492 e. The number of unbranched alkanes of at least 4 members (excludes halogenated alkanes) is 2. The number of alkyl carbamates (subject to hydrolysis) is 2. The molecular formula is C98H168N4O27S10. The number of rotatable bonds is 86. The molecule has 41 heteroatoms. The highest BCUT2D eigenvalue weighted by atomic mass is 32.2. The SMILES string of the molecule is CCC(=O)O.CCCOCCCSCCNC(=O)C(CCCCNC(=O)OC(C)(C)C)CC(=O)c1cc(OCC(CSCCO)SCCO)cc(OCC(CSCCO)SCCO)c1.CCCOCCCSCCNC(=O)C(CCCCNC(=O)OC(C)(C)C)CC(=O)c1cc(OCC(CSCCOC(=O)CC)SCCCC(=O)CC)cc(OCC(CSCCOC(=O)CC)SCCOC(=O)CC)c1. The number of hydrogen-bond acceptors (Lipinski definition) is 36. The van der Waals surface area contributed by atoms with Gasteiger partial charge in [-0.3, -0.25) is 43.2 Å². The van der Waals surface area contributed by atoms with Gasteiger partial charge in [-0.05, 0) is 141 Å².